The Bertz CT molecular complexity index is 71.2. The van der Waals surface area contributed by atoms with E-state index in [4.69, 9.17) is 0 Å². The van der Waals surface area contributed by atoms with E-state index >= 15 is 0 Å². The Morgan fingerprint density at radius 2 is 2.67 bits per heavy atom. The van der Waals surface area contributed by atoms with E-state index in [1.54, 1.807) is 0 Å². The van der Waals surface area contributed by atoms with Crippen LogP contribution in [0.25, 0.3) is 0 Å². The fourth-order valence-corrected chi connectivity index (χ4v) is 0.364. The molecule has 0 aromatic rings. The van der Waals surface area contributed by atoms with Gasteiger partial charge in [-0.3, -0.25) is 0 Å². The van der Waals surface area contributed by atoms with Crippen molar-refractivity contribution in [1.29, 1.82) is 0 Å². The summed E-state index contributed by atoms with van der Waals surface area (Å²) in [5.74, 6) is 0. The molecule has 0 aromatic heterocycles. The molecule has 0 aromatic carbocycles. The van der Waals surface area contributed by atoms with Crippen molar-refractivity contribution in [2.45, 2.75) is 0 Å². The molecule has 0 unspecified atom stereocenters. The smallest absolute Gasteiger partial charge is 0.0323 e. The molecule has 1 N–H and O–H groups in total. The van der Waals surface area contributed by atoms with Crippen LogP contribution >= 0.6 is 0 Å². The monoisotopic (exact) mass is 81.1 g/mol. The summed E-state index contributed by atoms with van der Waals surface area (Å²) in [5.41, 5.74) is 0. The third kappa shape index (κ3) is 0.480. The summed E-state index contributed by atoms with van der Waals surface area (Å²) >= 11 is 0. The predicted molar refractivity (Wildman–Crippen MR) is 25.8 cm³/mol. The zero-order chi connectivity index (χ0) is 4.41. The van der Waals surface area contributed by atoms with Crippen molar-refractivity contribution in [2.75, 3.05) is 7.05 Å². The number of nitrogens with one attached hydrogen (secondary N) is 1. The van der Waals surface area contributed by atoms with E-state index in [2.05, 4.69) is 5.23 Å². The van der Waals surface area contributed by atoms with E-state index in [9.17, 15) is 0 Å². The fraction of sp³-hybridized carbons (Fsp3) is 0.333. The minimum Gasteiger partial charge on any atom is -0.603 e. The average molecular weight is 80.9 g/mol. The highest BCUT2D eigenvalue weighted by Gasteiger charge is 1.75. The van der Waals surface area contributed by atoms with E-state index in [1.807, 2.05) is 31.8 Å². The summed E-state index contributed by atoms with van der Waals surface area (Å²) in [6.45, 7) is 0. The first-order valence-electron chi connectivity index (χ1n) is 1.87. The molecule has 1 heterocycles. The van der Waals surface area contributed by atoms with E-state index in [1.165, 1.54) is 0 Å². The highest BCUT2D eigenvalue weighted by Crippen LogP contribution is 1.82. The van der Waals surface area contributed by atoms with Crippen molar-refractivity contribution in [2.24, 2.45) is 0 Å². The second-order valence-corrected chi connectivity index (χ2v) is 1.28. The van der Waals surface area contributed by atoms with Crippen molar-refractivity contribution in [3.63, 3.8) is 0 Å². The minimum absolute atomic E-state index is 1.88. The molecule has 0 bridgehead atoms. The average Bonchev–Trinajstić information content (AvgIpc) is 1.86. The zero-order valence-electron chi connectivity index (χ0n) is 3.68. The first kappa shape index (κ1) is 3.59. The van der Waals surface area contributed by atoms with Gasteiger partial charge in [0.05, 0.1) is 0 Å². The molecule has 0 spiro atoms. The topological polar surface area (TPSA) is 15.3 Å². The molecular weight excluding hydrogens is 74.9 g/mol. The van der Waals surface area contributed by atoms with Crippen LogP contribution in [0.15, 0.2) is 12.4 Å². The van der Waals surface area contributed by atoms with E-state index in [0.29, 0.717) is 0 Å². The highest BCUT2D eigenvalue weighted by atomic mass is 15.1. The predicted octanol–water partition coefficient (Wildman–Crippen LogP) is -0.473. The lowest BCUT2D eigenvalue weighted by atomic mass is 10.2. The van der Waals surface area contributed by atoms with Crippen LogP contribution in [0.5, 0.6) is 0 Å². The Kier molecular flexibility index (Phi) is 0.745. The lowest BCUT2D eigenvalue weighted by molar-refractivity contribution is 0.744. The van der Waals surface area contributed by atoms with Crippen LogP contribution in [0.2, 0.25) is 0 Å². The molecule has 2 nitrogen and oxygen atoms in total. The van der Waals surface area contributed by atoms with Gasteiger partial charge in [0.2, 0.25) is 0 Å². The maximum atomic E-state index is 2.89. The van der Waals surface area contributed by atoms with E-state index in [0.717, 1.165) is 0 Å². The van der Waals surface area contributed by atoms with E-state index in [-0.39, 0.29) is 0 Å². The van der Waals surface area contributed by atoms with Crippen molar-refractivity contribution < 1.29 is 0 Å². The largest absolute Gasteiger partial charge is 0.603 e. The van der Waals surface area contributed by atoms with Gasteiger partial charge in [0.25, 0.3) is 0 Å². The first-order valence-corrected chi connectivity index (χ1v) is 1.87. The number of rotatable bonds is 0. The summed E-state index contributed by atoms with van der Waals surface area (Å²) in [5, 5.41) is 2.89. The second kappa shape index (κ2) is 1.24. The standard InChI is InChI=1S/C3H6BN2/c1-6-3-2-5-4-6/h2-3,5H,1H3/q-1. The van der Waals surface area contributed by atoms with Gasteiger partial charge in [-0.2, -0.15) is 0 Å². The molecular formula is C3H6BN2-. The Morgan fingerprint density at radius 1 is 1.83 bits per heavy atom. The third-order valence-electron chi connectivity index (χ3n) is 0.684. The van der Waals surface area contributed by atoms with Gasteiger partial charge in [-0.25, -0.2) is 0 Å². The van der Waals surface area contributed by atoms with Gasteiger partial charge >= 0.3 is 0 Å². The molecule has 1 rings (SSSR count). The molecule has 1 aliphatic heterocycles. The third-order valence-corrected chi connectivity index (χ3v) is 0.684. The van der Waals surface area contributed by atoms with E-state index < -0.39 is 0 Å². The fourth-order valence-electron chi connectivity index (χ4n) is 0.364. The Morgan fingerprint density at radius 3 is 2.83 bits per heavy atom. The summed E-state index contributed by atoms with van der Waals surface area (Å²) < 4.78 is 0. The molecule has 0 saturated heterocycles. The van der Waals surface area contributed by atoms with Gasteiger partial charge in [0.15, 0.2) is 0 Å². The Hall–Kier alpha value is -0.595. The number of hydrogen-bond donors (Lipinski definition) is 1. The van der Waals surface area contributed by atoms with Crippen molar-refractivity contribution in [3.8, 4) is 0 Å². The summed E-state index contributed by atoms with van der Waals surface area (Å²) in [7, 11) is 3.84. The van der Waals surface area contributed by atoms with Gasteiger partial charge in [0, 0.05) is 0 Å². The van der Waals surface area contributed by atoms with Crippen LogP contribution < -0.4 is 5.23 Å². The van der Waals surface area contributed by atoms with Gasteiger partial charge in [-0.1, -0.05) is 7.55 Å². The van der Waals surface area contributed by atoms with Crippen molar-refractivity contribution in [1.82, 2.24) is 10.0 Å². The Balaban J connectivity index is 2.38. The molecule has 6 heavy (non-hydrogen) atoms. The molecule has 0 aliphatic carbocycles. The van der Waals surface area contributed by atoms with Crippen LogP contribution in [0, 0.1) is 0 Å². The summed E-state index contributed by atoms with van der Waals surface area (Å²) in [6, 6.07) is 0. The summed E-state index contributed by atoms with van der Waals surface area (Å²) in [4.78, 5) is 1.94. The normalized spacial score (nSPS) is 18.5. The highest BCUT2D eigenvalue weighted by molar-refractivity contribution is 6.30. The minimum atomic E-state index is 1.88. The molecule has 32 valence electrons. The molecule has 3 heteroatoms. The van der Waals surface area contributed by atoms with Gasteiger partial charge in [-0.15, -0.1) is 0 Å². The lowest BCUT2D eigenvalue weighted by Gasteiger charge is -2.20. The molecule has 0 saturated carbocycles. The maximum Gasteiger partial charge on any atom is -0.0323 e. The second-order valence-electron chi connectivity index (χ2n) is 1.28. The maximum absolute atomic E-state index is 2.89. The van der Waals surface area contributed by atoms with Gasteiger partial charge in [0.1, 0.15) is 0 Å². The van der Waals surface area contributed by atoms with Crippen molar-refractivity contribution >= 4 is 7.55 Å². The van der Waals surface area contributed by atoms with Gasteiger partial charge < -0.3 is 10.0 Å². The van der Waals surface area contributed by atoms with Crippen LogP contribution in [0.4, 0.5) is 0 Å². The quantitative estimate of drug-likeness (QED) is 0.396. The molecule has 0 atom stereocenters. The molecule has 1 aliphatic rings. The van der Waals surface area contributed by atoms with Crippen LogP contribution in [0.1, 0.15) is 0 Å². The molecule has 2 radical (unpaired) electrons. The van der Waals surface area contributed by atoms with Crippen LogP contribution in [-0.4, -0.2) is 19.4 Å². The first-order chi connectivity index (χ1) is 2.89. The SMILES string of the molecule is CN1[B-]NC=C1. The number of hydrogen-bond acceptors (Lipinski definition) is 2. The number of nitrogens with zero attached hydrogens (tertiary/aromatic N) is 1. The zero-order valence-corrected chi connectivity index (χ0v) is 3.68. The lowest BCUT2D eigenvalue weighted by Crippen LogP contribution is -2.20. The molecule has 0 amide bonds. The summed E-state index contributed by atoms with van der Waals surface area (Å²) in [6.07, 6.45) is 3.82. The van der Waals surface area contributed by atoms with Crippen LogP contribution in [0.3, 0.4) is 0 Å². The Labute approximate surface area is 38.1 Å². The van der Waals surface area contributed by atoms with Gasteiger partial charge in [-0.05, 0) is 19.4 Å². The van der Waals surface area contributed by atoms with Crippen LogP contribution in [-0.2, 0) is 0 Å². The molecule has 0 fully saturated rings. The van der Waals surface area contributed by atoms with Crippen molar-refractivity contribution in [3.05, 3.63) is 12.4 Å².